The standard InChI is InChI=1S/C22H21F2N3O/c23-18-5-1-15(2-6-18)20-9-10-21(26-25-20)27-13-11-17(12-14-27)22(28)16-3-7-19(24)8-4-16/h1-10,17,22,28H,11-14H2. The van der Waals surface area contributed by atoms with E-state index in [4.69, 9.17) is 0 Å². The zero-order valence-electron chi connectivity index (χ0n) is 15.3. The largest absolute Gasteiger partial charge is 0.388 e. The third-order valence-corrected chi connectivity index (χ3v) is 5.31. The Balaban J connectivity index is 1.38. The van der Waals surface area contributed by atoms with Crippen molar-refractivity contribution in [3.8, 4) is 11.3 Å². The number of halogens is 2. The molecule has 4 rings (SSSR count). The first-order valence-electron chi connectivity index (χ1n) is 9.38. The number of aliphatic hydroxyl groups is 1. The Morgan fingerprint density at radius 1 is 0.821 bits per heavy atom. The highest BCUT2D eigenvalue weighted by atomic mass is 19.1. The normalized spacial score (nSPS) is 16.2. The number of hydrogen-bond donors (Lipinski definition) is 1. The second-order valence-electron chi connectivity index (χ2n) is 7.10. The fourth-order valence-electron chi connectivity index (χ4n) is 3.64. The third kappa shape index (κ3) is 4.02. The molecule has 0 spiro atoms. The van der Waals surface area contributed by atoms with Gasteiger partial charge in [0.25, 0.3) is 0 Å². The fourth-order valence-corrected chi connectivity index (χ4v) is 3.64. The van der Waals surface area contributed by atoms with Crippen molar-refractivity contribution >= 4 is 5.82 Å². The van der Waals surface area contributed by atoms with Crippen LogP contribution in [0.1, 0.15) is 24.5 Å². The summed E-state index contributed by atoms with van der Waals surface area (Å²) in [5.41, 5.74) is 2.27. The first-order chi connectivity index (χ1) is 13.6. The van der Waals surface area contributed by atoms with Gasteiger partial charge in [0.05, 0.1) is 11.8 Å². The molecule has 1 atom stereocenters. The summed E-state index contributed by atoms with van der Waals surface area (Å²) in [4.78, 5) is 2.15. The summed E-state index contributed by atoms with van der Waals surface area (Å²) >= 11 is 0. The molecule has 0 amide bonds. The van der Waals surface area contributed by atoms with E-state index in [-0.39, 0.29) is 17.6 Å². The highest BCUT2D eigenvalue weighted by molar-refractivity contribution is 5.59. The van der Waals surface area contributed by atoms with Gasteiger partial charge in [-0.2, -0.15) is 0 Å². The maximum absolute atomic E-state index is 13.1. The van der Waals surface area contributed by atoms with Crippen LogP contribution in [0.4, 0.5) is 14.6 Å². The predicted octanol–water partition coefficient (Wildman–Crippen LogP) is 4.37. The van der Waals surface area contributed by atoms with E-state index < -0.39 is 6.10 Å². The van der Waals surface area contributed by atoms with Crippen LogP contribution in [0.3, 0.4) is 0 Å². The van der Waals surface area contributed by atoms with Gasteiger partial charge in [-0.3, -0.25) is 0 Å². The average molecular weight is 381 g/mol. The lowest BCUT2D eigenvalue weighted by atomic mass is 9.87. The SMILES string of the molecule is OC(c1ccc(F)cc1)C1CCN(c2ccc(-c3ccc(F)cc3)nn2)CC1. The molecule has 2 aromatic carbocycles. The number of aromatic nitrogens is 2. The molecule has 1 aliphatic heterocycles. The molecule has 144 valence electrons. The van der Waals surface area contributed by atoms with Crippen molar-refractivity contribution in [1.82, 2.24) is 10.2 Å². The Bertz CT molecular complexity index is 906. The third-order valence-electron chi connectivity index (χ3n) is 5.31. The van der Waals surface area contributed by atoms with Crippen molar-refractivity contribution in [3.63, 3.8) is 0 Å². The summed E-state index contributed by atoms with van der Waals surface area (Å²) in [7, 11) is 0. The molecule has 1 aromatic heterocycles. The van der Waals surface area contributed by atoms with Crippen LogP contribution in [0.15, 0.2) is 60.7 Å². The molecule has 6 heteroatoms. The number of benzene rings is 2. The van der Waals surface area contributed by atoms with Crippen LogP contribution in [0.25, 0.3) is 11.3 Å². The van der Waals surface area contributed by atoms with Crippen LogP contribution >= 0.6 is 0 Å². The van der Waals surface area contributed by atoms with Crippen molar-refractivity contribution in [2.45, 2.75) is 18.9 Å². The van der Waals surface area contributed by atoms with Gasteiger partial charge < -0.3 is 10.0 Å². The van der Waals surface area contributed by atoms with Gasteiger partial charge in [0.15, 0.2) is 5.82 Å². The summed E-state index contributed by atoms with van der Waals surface area (Å²) in [5.74, 6) is 0.348. The molecule has 0 aliphatic carbocycles. The molecule has 1 fully saturated rings. The van der Waals surface area contributed by atoms with E-state index in [2.05, 4.69) is 15.1 Å². The second kappa shape index (κ2) is 8.02. The molecular formula is C22H21F2N3O. The lowest BCUT2D eigenvalue weighted by Crippen LogP contribution is -2.36. The predicted molar refractivity (Wildman–Crippen MR) is 104 cm³/mol. The van der Waals surface area contributed by atoms with E-state index in [9.17, 15) is 13.9 Å². The molecule has 1 aliphatic rings. The van der Waals surface area contributed by atoms with Crippen LogP contribution in [0.2, 0.25) is 0 Å². The lowest BCUT2D eigenvalue weighted by Gasteiger charge is -2.34. The van der Waals surface area contributed by atoms with Gasteiger partial charge in [-0.1, -0.05) is 12.1 Å². The maximum atomic E-state index is 13.1. The lowest BCUT2D eigenvalue weighted by molar-refractivity contribution is 0.0928. The number of aliphatic hydroxyl groups excluding tert-OH is 1. The van der Waals surface area contributed by atoms with Crippen LogP contribution in [0, 0.1) is 17.6 Å². The van der Waals surface area contributed by atoms with Gasteiger partial charge in [0.2, 0.25) is 0 Å². The van der Waals surface area contributed by atoms with Crippen LogP contribution in [-0.2, 0) is 0 Å². The van der Waals surface area contributed by atoms with Crippen molar-refractivity contribution in [2.24, 2.45) is 5.92 Å². The van der Waals surface area contributed by atoms with E-state index >= 15 is 0 Å². The fraction of sp³-hybridized carbons (Fsp3) is 0.273. The molecule has 0 saturated carbocycles. The molecule has 1 N–H and O–H groups in total. The second-order valence-corrected chi connectivity index (χ2v) is 7.10. The summed E-state index contributed by atoms with van der Waals surface area (Å²) in [6.45, 7) is 1.54. The quantitative estimate of drug-likeness (QED) is 0.729. The van der Waals surface area contributed by atoms with Gasteiger partial charge in [-0.15, -0.1) is 10.2 Å². The molecule has 0 radical (unpaired) electrons. The number of hydrogen-bond acceptors (Lipinski definition) is 4. The van der Waals surface area contributed by atoms with Crippen molar-refractivity contribution in [1.29, 1.82) is 0 Å². The molecule has 2 heterocycles. The van der Waals surface area contributed by atoms with E-state index in [0.717, 1.165) is 42.9 Å². The van der Waals surface area contributed by atoms with Crippen LogP contribution < -0.4 is 4.90 Å². The molecule has 0 bridgehead atoms. The minimum absolute atomic E-state index is 0.133. The first-order valence-corrected chi connectivity index (χ1v) is 9.38. The molecule has 3 aromatic rings. The summed E-state index contributed by atoms with van der Waals surface area (Å²) in [5, 5.41) is 19.2. The minimum Gasteiger partial charge on any atom is -0.388 e. The summed E-state index contributed by atoms with van der Waals surface area (Å²) in [6, 6.07) is 16.0. The number of piperidine rings is 1. The maximum Gasteiger partial charge on any atom is 0.151 e. The van der Waals surface area contributed by atoms with Crippen molar-refractivity contribution in [3.05, 3.63) is 77.9 Å². The van der Waals surface area contributed by atoms with Crippen molar-refractivity contribution < 1.29 is 13.9 Å². The van der Waals surface area contributed by atoms with Crippen LogP contribution in [-0.4, -0.2) is 28.4 Å². The minimum atomic E-state index is -0.588. The number of rotatable bonds is 4. The van der Waals surface area contributed by atoms with Gasteiger partial charge in [0.1, 0.15) is 11.6 Å². The average Bonchev–Trinajstić information content (AvgIpc) is 2.75. The van der Waals surface area contributed by atoms with Gasteiger partial charge in [-0.05, 0) is 72.9 Å². The topological polar surface area (TPSA) is 49.2 Å². The first kappa shape index (κ1) is 18.5. The Morgan fingerprint density at radius 3 is 2.00 bits per heavy atom. The molecule has 1 unspecified atom stereocenters. The molecular weight excluding hydrogens is 360 g/mol. The number of anilines is 1. The highest BCUT2D eigenvalue weighted by Gasteiger charge is 2.27. The van der Waals surface area contributed by atoms with Gasteiger partial charge in [0, 0.05) is 18.7 Å². The highest BCUT2D eigenvalue weighted by Crippen LogP contribution is 2.32. The van der Waals surface area contributed by atoms with E-state index in [1.54, 1.807) is 24.3 Å². The Morgan fingerprint density at radius 2 is 1.43 bits per heavy atom. The Kier molecular flexibility index (Phi) is 5.30. The zero-order valence-corrected chi connectivity index (χ0v) is 15.3. The van der Waals surface area contributed by atoms with Gasteiger partial charge >= 0.3 is 0 Å². The Labute approximate surface area is 162 Å². The zero-order chi connectivity index (χ0) is 19.5. The van der Waals surface area contributed by atoms with E-state index in [1.165, 1.54) is 24.3 Å². The van der Waals surface area contributed by atoms with Crippen LogP contribution in [0.5, 0.6) is 0 Å². The Hall–Kier alpha value is -2.86. The summed E-state index contributed by atoms with van der Waals surface area (Å²) < 4.78 is 26.1. The molecule has 1 saturated heterocycles. The summed E-state index contributed by atoms with van der Waals surface area (Å²) in [6.07, 6.45) is 1.05. The van der Waals surface area contributed by atoms with Crippen molar-refractivity contribution in [2.75, 3.05) is 18.0 Å². The monoisotopic (exact) mass is 381 g/mol. The van der Waals surface area contributed by atoms with E-state index in [0.29, 0.717) is 5.69 Å². The smallest absolute Gasteiger partial charge is 0.151 e. The van der Waals surface area contributed by atoms with Gasteiger partial charge in [-0.25, -0.2) is 8.78 Å². The number of nitrogens with zero attached hydrogens (tertiary/aromatic N) is 3. The van der Waals surface area contributed by atoms with E-state index in [1.807, 2.05) is 12.1 Å². The molecule has 4 nitrogen and oxygen atoms in total. The molecule has 28 heavy (non-hydrogen) atoms.